The number of rotatable bonds is 7. The normalized spacial score (nSPS) is 22.8. The van der Waals surface area contributed by atoms with Crippen molar-refractivity contribution in [2.45, 2.75) is 89.0 Å². The second-order valence-electron chi connectivity index (χ2n) is 9.61. The van der Waals surface area contributed by atoms with Crippen LogP contribution in [0.3, 0.4) is 0 Å². The van der Waals surface area contributed by atoms with E-state index >= 15 is 0 Å². The van der Waals surface area contributed by atoms with E-state index in [0.29, 0.717) is 10.0 Å². The van der Waals surface area contributed by atoms with Gasteiger partial charge in [0, 0.05) is 19.1 Å². The molecule has 0 radical (unpaired) electrons. The molecule has 2 unspecified atom stereocenters. The zero-order valence-electron chi connectivity index (χ0n) is 19.9. The highest BCUT2D eigenvalue weighted by molar-refractivity contribution is 6.42. The molecule has 4 rings (SSSR count). The Morgan fingerprint density at radius 1 is 1.09 bits per heavy atom. The second-order valence-corrected chi connectivity index (χ2v) is 10.4. The molecule has 0 spiro atoms. The number of amides is 2. The average molecular weight is 509 g/mol. The maximum absolute atomic E-state index is 13.6. The zero-order valence-corrected chi connectivity index (χ0v) is 21.4. The van der Waals surface area contributed by atoms with Gasteiger partial charge in [0.15, 0.2) is 6.17 Å². The van der Waals surface area contributed by atoms with E-state index in [-0.39, 0.29) is 30.4 Å². The Morgan fingerprint density at radius 3 is 2.44 bits per heavy atom. The Hall–Kier alpha value is -1.90. The van der Waals surface area contributed by atoms with Crippen LogP contribution in [0, 0.1) is 0 Å². The summed E-state index contributed by atoms with van der Waals surface area (Å²) < 4.78 is 0. The number of hydrogen-bond acceptors (Lipinski definition) is 6. The van der Waals surface area contributed by atoms with Gasteiger partial charge in [0.05, 0.1) is 10.0 Å². The first kappa shape index (κ1) is 25.2. The molecular formula is C24H34Cl2N6O2. The molecule has 10 heteroatoms. The first-order valence-corrected chi connectivity index (χ1v) is 13.1. The summed E-state index contributed by atoms with van der Waals surface area (Å²) >= 11 is 12.2. The molecule has 0 bridgehead atoms. The molecule has 1 aromatic rings. The van der Waals surface area contributed by atoms with E-state index in [1.807, 2.05) is 20.0 Å². The van der Waals surface area contributed by atoms with E-state index in [2.05, 4.69) is 15.7 Å². The Morgan fingerprint density at radius 2 is 1.76 bits per heavy atom. The van der Waals surface area contributed by atoms with Crippen molar-refractivity contribution in [2.75, 3.05) is 13.6 Å². The molecule has 2 fully saturated rings. The maximum atomic E-state index is 13.6. The molecule has 3 aliphatic rings. The van der Waals surface area contributed by atoms with Crippen LogP contribution in [0.4, 0.5) is 0 Å². The number of carbonyl (C=O) groups excluding carboxylic acids is 2. The van der Waals surface area contributed by atoms with Crippen LogP contribution in [0.15, 0.2) is 28.5 Å². The molecule has 2 saturated carbocycles. The molecule has 1 aromatic carbocycles. The van der Waals surface area contributed by atoms with Gasteiger partial charge in [-0.3, -0.25) is 9.59 Å². The Balaban J connectivity index is 1.45. The van der Waals surface area contributed by atoms with Gasteiger partial charge < -0.3 is 10.2 Å². The average Bonchev–Trinajstić information content (AvgIpc) is 3.46. The fraction of sp³-hybridized carbons (Fsp3) is 0.667. The zero-order chi connectivity index (χ0) is 24.2. The summed E-state index contributed by atoms with van der Waals surface area (Å²) in [6, 6.07) is 5.12. The van der Waals surface area contributed by atoms with E-state index < -0.39 is 12.2 Å². The first-order valence-electron chi connectivity index (χ1n) is 12.3. The largest absolute Gasteiger partial charge is 0.352 e. The van der Waals surface area contributed by atoms with Gasteiger partial charge in [-0.15, -0.1) is 5.11 Å². The highest BCUT2D eigenvalue weighted by atomic mass is 35.5. The van der Waals surface area contributed by atoms with Crippen LogP contribution < -0.4 is 5.32 Å². The first-order chi connectivity index (χ1) is 16.3. The quantitative estimate of drug-likeness (QED) is 0.553. The molecule has 2 aliphatic carbocycles. The van der Waals surface area contributed by atoms with Crippen molar-refractivity contribution in [3.8, 4) is 0 Å². The predicted molar refractivity (Wildman–Crippen MR) is 132 cm³/mol. The summed E-state index contributed by atoms with van der Waals surface area (Å²) in [4.78, 5) is 28.5. The maximum Gasteiger partial charge on any atom is 0.246 e. The van der Waals surface area contributed by atoms with Crippen LogP contribution in [-0.4, -0.2) is 58.6 Å². The minimum Gasteiger partial charge on any atom is -0.352 e. The van der Waals surface area contributed by atoms with Crippen molar-refractivity contribution in [3.63, 3.8) is 0 Å². The molecule has 0 aromatic heterocycles. The Kier molecular flexibility index (Phi) is 8.32. The summed E-state index contributed by atoms with van der Waals surface area (Å²) in [7, 11) is 1.83. The number of benzene rings is 1. The van der Waals surface area contributed by atoms with Gasteiger partial charge in [-0.05, 0) is 50.3 Å². The number of carbonyl (C=O) groups is 2. The molecule has 1 heterocycles. The van der Waals surface area contributed by atoms with E-state index in [0.717, 1.165) is 56.9 Å². The lowest BCUT2D eigenvalue weighted by atomic mass is 9.93. The van der Waals surface area contributed by atoms with Gasteiger partial charge in [0.25, 0.3) is 0 Å². The monoisotopic (exact) mass is 508 g/mol. The van der Waals surface area contributed by atoms with Gasteiger partial charge >= 0.3 is 0 Å². The van der Waals surface area contributed by atoms with E-state index in [1.165, 1.54) is 6.42 Å². The fourth-order valence-electron chi connectivity index (χ4n) is 5.29. The lowest BCUT2D eigenvalue weighted by molar-refractivity contribution is -0.148. The summed E-state index contributed by atoms with van der Waals surface area (Å²) in [5.74, 6) is -0.169. The molecule has 34 heavy (non-hydrogen) atoms. The molecule has 0 saturated heterocycles. The third-order valence-corrected chi connectivity index (χ3v) is 7.99. The van der Waals surface area contributed by atoms with Gasteiger partial charge in [-0.25, -0.2) is 0 Å². The van der Waals surface area contributed by atoms with E-state index in [1.54, 1.807) is 27.2 Å². The number of hydrazine groups is 1. The minimum atomic E-state index is -0.521. The third kappa shape index (κ3) is 5.66. The molecule has 1 N–H and O–H groups in total. The molecular weight excluding hydrogens is 475 g/mol. The number of nitrogens with one attached hydrogen (secondary N) is 1. The van der Waals surface area contributed by atoms with Crippen molar-refractivity contribution >= 4 is 35.0 Å². The molecule has 2 atom stereocenters. The van der Waals surface area contributed by atoms with Gasteiger partial charge in [0.2, 0.25) is 11.8 Å². The lowest BCUT2D eigenvalue weighted by Crippen LogP contribution is -2.56. The van der Waals surface area contributed by atoms with Crippen LogP contribution in [0.5, 0.6) is 0 Å². The van der Waals surface area contributed by atoms with Crippen molar-refractivity contribution < 1.29 is 9.59 Å². The smallest absolute Gasteiger partial charge is 0.246 e. The summed E-state index contributed by atoms with van der Waals surface area (Å²) in [6.45, 7) is 1.87. The second kappa shape index (κ2) is 11.2. The van der Waals surface area contributed by atoms with E-state index in [4.69, 9.17) is 23.2 Å². The van der Waals surface area contributed by atoms with Crippen molar-refractivity contribution in [1.29, 1.82) is 0 Å². The topological polar surface area (TPSA) is 80.6 Å². The number of halogens is 2. The summed E-state index contributed by atoms with van der Waals surface area (Å²) in [5.41, 5.74) is 0.837. The fourth-order valence-corrected chi connectivity index (χ4v) is 5.59. The SMILES string of the molecule is CC(C(=O)NC1CCCC1)N(C(=O)CN1N=NC(c2ccc(Cl)c(Cl)c2)N1C)C1CCCCC1. The summed E-state index contributed by atoms with van der Waals surface area (Å²) in [5, 5.41) is 16.0. The Labute approximate surface area is 211 Å². The van der Waals surface area contributed by atoms with Crippen molar-refractivity contribution in [1.82, 2.24) is 20.3 Å². The van der Waals surface area contributed by atoms with Crippen LogP contribution in [-0.2, 0) is 9.59 Å². The molecule has 2 amide bonds. The van der Waals surface area contributed by atoms with Crippen molar-refractivity contribution in [2.24, 2.45) is 10.3 Å². The highest BCUT2D eigenvalue weighted by Crippen LogP contribution is 2.33. The van der Waals surface area contributed by atoms with Gasteiger partial charge in [0.1, 0.15) is 12.6 Å². The third-order valence-electron chi connectivity index (χ3n) is 7.26. The van der Waals surface area contributed by atoms with Crippen LogP contribution >= 0.6 is 23.2 Å². The number of nitrogens with zero attached hydrogens (tertiary/aromatic N) is 5. The molecule has 8 nitrogen and oxygen atoms in total. The molecule has 1 aliphatic heterocycles. The minimum absolute atomic E-state index is 0.0232. The van der Waals surface area contributed by atoms with Crippen LogP contribution in [0.1, 0.15) is 76.4 Å². The predicted octanol–water partition coefficient (Wildman–Crippen LogP) is 5.13. The van der Waals surface area contributed by atoms with Crippen LogP contribution in [0.25, 0.3) is 0 Å². The standard InChI is InChI=1S/C24H34Cl2N6O2/c1-16(24(34)27-18-8-6-7-9-18)32(19-10-4-3-5-11-19)22(33)15-31-29-28-23(30(31)2)17-12-13-20(25)21(26)14-17/h12-14,16,18-19,23H,3-11,15H2,1-2H3,(H,27,34). The van der Waals surface area contributed by atoms with Crippen molar-refractivity contribution in [3.05, 3.63) is 33.8 Å². The van der Waals surface area contributed by atoms with Gasteiger partial charge in [-0.1, -0.05) is 66.6 Å². The van der Waals surface area contributed by atoms with Crippen LogP contribution in [0.2, 0.25) is 10.0 Å². The highest BCUT2D eigenvalue weighted by Gasteiger charge is 2.37. The van der Waals surface area contributed by atoms with Gasteiger partial charge in [-0.2, -0.15) is 10.1 Å². The summed E-state index contributed by atoms with van der Waals surface area (Å²) in [6.07, 6.45) is 9.13. The Bertz CT molecular complexity index is 917. The number of hydrogen-bond donors (Lipinski definition) is 1. The molecule has 186 valence electrons. The van der Waals surface area contributed by atoms with E-state index in [9.17, 15) is 9.59 Å². The lowest BCUT2D eigenvalue weighted by Gasteiger charge is -2.39.